The number of unbranched alkanes of at least 4 members (excludes halogenated alkanes) is 1. The number of aliphatic carboxylic acids is 1. The molecule has 0 fully saturated rings. The number of benzene rings is 1. The third-order valence-corrected chi connectivity index (χ3v) is 3.43. The summed E-state index contributed by atoms with van der Waals surface area (Å²) in [6.07, 6.45) is 1.81. The van der Waals surface area contributed by atoms with E-state index in [4.69, 9.17) is 22.4 Å². The van der Waals surface area contributed by atoms with Gasteiger partial charge < -0.3 is 10.8 Å². The molecule has 88 valence electrons. The predicted octanol–water partition coefficient (Wildman–Crippen LogP) is 3.27. The van der Waals surface area contributed by atoms with E-state index in [2.05, 4.69) is 0 Å². The van der Waals surface area contributed by atoms with Crippen molar-refractivity contribution in [3.63, 3.8) is 0 Å². The summed E-state index contributed by atoms with van der Waals surface area (Å²) in [5.41, 5.74) is 6.46. The molecule has 3 N–H and O–H groups in total. The maximum atomic E-state index is 10.3. The van der Waals surface area contributed by atoms with E-state index >= 15 is 0 Å². The summed E-state index contributed by atoms with van der Waals surface area (Å²) in [4.78, 5) is 11.3. The first-order chi connectivity index (χ1) is 7.59. The number of carboxylic acids is 1. The number of carbonyl (C=O) groups is 1. The van der Waals surface area contributed by atoms with Crippen LogP contribution in [-0.4, -0.2) is 16.8 Å². The molecule has 0 unspecified atom stereocenters. The van der Waals surface area contributed by atoms with E-state index in [-0.39, 0.29) is 6.42 Å². The van der Waals surface area contributed by atoms with Crippen molar-refractivity contribution in [1.82, 2.24) is 0 Å². The average Bonchev–Trinajstić information content (AvgIpc) is 2.20. The Morgan fingerprint density at radius 3 is 2.81 bits per heavy atom. The molecular formula is C11H14ClNO2S. The normalized spacial score (nSPS) is 10.3. The van der Waals surface area contributed by atoms with Crippen LogP contribution in [0.5, 0.6) is 0 Å². The van der Waals surface area contributed by atoms with Gasteiger partial charge in [-0.05, 0) is 36.8 Å². The maximum Gasteiger partial charge on any atom is 0.303 e. The first kappa shape index (κ1) is 13.2. The highest BCUT2D eigenvalue weighted by atomic mass is 35.5. The summed E-state index contributed by atoms with van der Waals surface area (Å²) < 4.78 is 0. The van der Waals surface area contributed by atoms with Crippen LogP contribution in [-0.2, 0) is 4.79 Å². The minimum absolute atomic E-state index is 0.233. The minimum Gasteiger partial charge on any atom is -0.481 e. The van der Waals surface area contributed by atoms with Crippen LogP contribution >= 0.6 is 23.4 Å². The van der Waals surface area contributed by atoms with E-state index in [1.54, 1.807) is 23.9 Å². The molecule has 0 radical (unpaired) electrons. The molecule has 5 heteroatoms. The van der Waals surface area contributed by atoms with Crippen LogP contribution in [0.1, 0.15) is 19.3 Å². The summed E-state index contributed by atoms with van der Waals surface area (Å²) >= 11 is 7.41. The summed E-state index contributed by atoms with van der Waals surface area (Å²) in [5, 5.41) is 9.10. The zero-order valence-corrected chi connectivity index (χ0v) is 10.4. The van der Waals surface area contributed by atoms with Crippen LogP contribution < -0.4 is 5.73 Å². The zero-order chi connectivity index (χ0) is 12.0. The van der Waals surface area contributed by atoms with Crippen molar-refractivity contribution in [2.24, 2.45) is 0 Å². The molecular weight excluding hydrogens is 246 g/mol. The lowest BCUT2D eigenvalue weighted by Gasteiger charge is -2.05. The molecule has 0 spiro atoms. The highest BCUT2D eigenvalue weighted by Gasteiger charge is 2.01. The van der Waals surface area contributed by atoms with Gasteiger partial charge in [-0.25, -0.2) is 0 Å². The monoisotopic (exact) mass is 259 g/mol. The molecule has 0 aliphatic rings. The number of halogens is 1. The summed E-state index contributed by atoms with van der Waals surface area (Å²) in [7, 11) is 0. The van der Waals surface area contributed by atoms with E-state index in [0.717, 1.165) is 17.1 Å². The highest BCUT2D eigenvalue weighted by molar-refractivity contribution is 7.99. The lowest BCUT2D eigenvalue weighted by molar-refractivity contribution is -0.137. The highest BCUT2D eigenvalue weighted by Crippen LogP contribution is 2.28. The summed E-state index contributed by atoms with van der Waals surface area (Å²) in [5.74, 6) is 0.134. The van der Waals surface area contributed by atoms with Gasteiger partial charge in [-0.2, -0.15) is 0 Å². The number of anilines is 1. The van der Waals surface area contributed by atoms with Crippen molar-refractivity contribution in [2.75, 3.05) is 11.5 Å². The van der Waals surface area contributed by atoms with Crippen LogP contribution in [0.25, 0.3) is 0 Å². The Hall–Kier alpha value is -0.870. The van der Waals surface area contributed by atoms with Crippen molar-refractivity contribution in [3.8, 4) is 0 Å². The number of hydrogen-bond acceptors (Lipinski definition) is 3. The first-order valence-electron chi connectivity index (χ1n) is 4.99. The smallest absolute Gasteiger partial charge is 0.303 e. The number of thioether (sulfide) groups is 1. The Morgan fingerprint density at radius 1 is 1.44 bits per heavy atom. The Kier molecular flexibility index (Phi) is 5.49. The van der Waals surface area contributed by atoms with Gasteiger partial charge in [0.15, 0.2) is 0 Å². The second-order valence-electron chi connectivity index (χ2n) is 3.38. The van der Waals surface area contributed by atoms with Gasteiger partial charge in [0.1, 0.15) is 0 Å². The van der Waals surface area contributed by atoms with Crippen LogP contribution in [0.4, 0.5) is 5.69 Å². The SMILES string of the molecule is Nc1cc(Cl)ccc1SCCCCC(=O)O. The molecule has 1 aromatic rings. The van der Waals surface area contributed by atoms with Crippen molar-refractivity contribution in [3.05, 3.63) is 23.2 Å². The standard InChI is InChI=1S/C11H14ClNO2S/c12-8-4-5-10(9(13)7-8)16-6-2-1-3-11(14)15/h4-5,7H,1-3,6,13H2,(H,14,15). The second kappa shape index (κ2) is 6.66. The fraction of sp³-hybridized carbons (Fsp3) is 0.364. The maximum absolute atomic E-state index is 10.3. The molecule has 0 aliphatic carbocycles. The molecule has 0 saturated carbocycles. The Balaban J connectivity index is 2.29. The van der Waals surface area contributed by atoms with Crippen molar-refractivity contribution in [1.29, 1.82) is 0 Å². The molecule has 0 bridgehead atoms. The lowest BCUT2D eigenvalue weighted by atomic mass is 10.2. The zero-order valence-electron chi connectivity index (χ0n) is 8.78. The van der Waals surface area contributed by atoms with Gasteiger partial charge in [-0.15, -0.1) is 11.8 Å². The van der Waals surface area contributed by atoms with E-state index < -0.39 is 5.97 Å². The Bertz CT molecular complexity index is 371. The molecule has 1 aromatic carbocycles. The average molecular weight is 260 g/mol. The van der Waals surface area contributed by atoms with Gasteiger partial charge in [0.05, 0.1) is 0 Å². The topological polar surface area (TPSA) is 63.3 Å². The predicted molar refractivity (Wildman–Crippen MR) is 68.1 cm³/mol. The minimum atomic E-state index is -0.740. The molecule has 16 heavy (non-hydrogen) atoms. The third kappa shape index (κ3) is 4.77. The van der Waals surface area contributed by atoms with Gasteiger partial charge in [-0.1, -0.05) is 11.6 Å². The largest absolute Gasteiger partial charge is 0.481 e. The Labute approximate surface area is 104 Å². The molecule has 0 saturated heterocycles. The van der Waals surface area contributed by atoms with Gasteiger partial charge in [-0.3, -0.25) is 4.79 Å². The van der Waals surface area contributed by atoms with E-state index in [1.165, 1.54) is 0 Å². The van der Waals surface area contributed by atoms with Gasteiger partial charge in [0, 0.05) is 22.0 Å². The fourth-order valence-electron chi connectivity index (χ4n) is 1.21. The summed E-state index contributed by atoms with van der Waals surface area (Å²) in [6, 6.07) is 5.41. The molecule has 1 rings (SSSR count). The molecule has 0 aromatic heterocycles. The number of nitrogen functional groups attached to an aromatic ring is 1. The van der Waals surface area contributed by atoms with Crippen molar-refractivity contribution < 1.29 is 9.90 Å². The second-order valence-corrected chi connectivity index (χ2v) is 4.95. The third-order valence-electron chi connectivity index (χ3n) is 2.01. The van der Waals surface area contributed by atoms with Gasteiger partial charge in [0.2, 0.25) is 0 Å². The molecule has 0 atom stereocenters. The van der Waals surface area contributed by atoms with Crippen LogP contribution in [0.3, 0.4) is 0 Å². The molecule has 0 aliphatic heterocycles. The molecule has 3 nitrogen and oxygen atoms in total. The number of carboxylic acid groups (broad SMARTS) is 1. The van der Waals surface area contributed by atoms with Crippen molar-refractivity contribution >= 4 is 35.0 Å². The van der Waals surface area contributed by atoms with Crippen LogP contribution in [0.15, 0.2) is 23.1 Å². The Morgan fingerprint density at radius 2 is 2.19 bits per heavy atom. The quantitative estimate of drug-likeness (QED) is 0.468. The van der Waals surface area contributed by atoms with Gasteiger partial charge in [0.25, 0.3) is 0 Å². The molecule has 0 heterocycles. The first-order valence-corrected chi connectivity index (χ1v) is 6.35. The van der Waals surface area contributed by atoms with Crippen molar-refractivity contribution in [2.45, 2.75) is 24.2 Å². The fourth-order valence-corrected chi connectivity index (χ4v) is 2.35. The van der Waals surface area contributed by atoms with E-state index in [0.29, 0.717) is 17.1 Å². The van der Waals surface area contributed by atoms with Crippen LogP contribution in [0.2, 0.25) is 5.02 Å². The number of hydrogen-bond donors (Lipinski definition) is 2. The van der Waals surface area contributed by atoms with Crippen LogP contribution in [0, 0.1) is 0 Å². The van der Waals surface area contributed by atoms with Gasteiger partial charge >= 0.3 is 5.97 Å². The molecule has 0 amide bonds. The summed E-state index contributed by atoms with van der Waals surface area (Å²) in [6.45, 7) is 0. The van der Waals surface area contributed by atoms with E-state index in [9.17, 15) is 4.79 Å². The number of nitrogens with two attached hydrogens (primary N) is 1. The lowest BCUT2D eigenvalue weighted by Crippen LogP contribution is -1.94. The van der Waals surface area contributed by atoms with E-state index in [1.807, 2.05) is 6.07 Å². The number of rotatable bonds is 6.